The van der Waals surface area contributed by atoms with Crippen LogP contribution in [0.3, 0.4) is 0 Å². The summed E-state index contributed by atoms with van der Waals surface area (Å²) >= 11 is 3.96. The topological polar surface area (TPSA) is 12.0 Å². The van der Waals surface area contributed by atoms with Crippen molar-refractivity contribution in [3.05, 3.63) is 22.4 Å². The van der Waals surface area contributed by atoms with Crippen LogP contribution in [0.2, 0.25) is 0 Å². The van der Waals surface area contributed by atoms with Gasteiger partial charge in [0.15, 0.2) is 0 Å². The van der Waals surface area contributed by atoms with E-state index < -0.39 is 0 Å². The molecule has 1 aromatic heterocycles. The van der Waals surface area contributed by atoms with Gasteiger partial charge in [-0.2, -0.15) is 11.8 Å². The van der Waals surface area contributed by atoms with Gasteiger partial charge in [0.05, 0.1) is 0 Å². The molecule has 0 aromatic carbocycles. The molecular weight excluding hydrogens is 210 g/mol. The molecule has 0 spiro atoms. The van der Waals surface area contributed by atoms with E-state index in [1.54, 1.807) is 0 Å². The summed E-state index contributed by atoms with van der Waals surface area (Å²) in [6.07, 6.45) is 2.76. The lowest BCUT2D eigenvalue weighted by Gasteiger charge is -2.22. The second kappa shape index (κ2) is 4.69. The zero-order valence-electron chi connectivity index (χ0n) is 8.58. The lowest BCUT2D eigenvalue weighted by Crippen LogP contribution is -2.32. The predicted molar refractivity (Wildman–Crippen MR) is 66.1 cm³/mol. The average Bonchev–Trinajstić information content (AvgIpc) is 2.77. The summed E-state index contributed by atoms with van der Waals surface area (Å²) in [6, 6.07) is 4.31. The van der Waals surface area contributed by atoms with Gasteiger partial charge in [-0.1, -0.05) is 6.07 Å². The maximum Gasteiger partial charge on any atom is 0.0300 e. The predicted octanol–water partition coefficient (Wildman–Crippen LogP) is 3.12. The third kappa shape index (κ3) is 2.75. The highest BCUT2D eigenvalue weighted by atomic mass is 32.2. The van der Waals surface area contributed by atoms with Gasteiger partial charge in [-0.3, -0.25) is 0 Å². The largest absolute Gasteiger partial charge is 0.310 e. The molecule has 1 nitrogen and oxygen atoms in total. The molecule has 0 amide bonds. The Morgan fingerprint density at radius 3 is 3.14 bits per heavy atom. The van der Waals surface area contributed by atoms with E-state index in [0.29, 0.717) is 4.75 Å². The normalized spacial score (nSPS) is 26.9. The van der Waals surface area contributed by atoms with Gasteiger partial charge in [-0.05, 0) is 37.0 Å². The summed E-state index contributed by atoms with van der Waals surface area (Å²) in [5, 5.41) is 5.70. The molecule has 1 fully saturated rings. The Balaban J connectivity index is 1.72. The van der Waals surface area contributed by atoms with Gasteiger partial charge in [-0.15, -0.1) is 11.3 Å². The van der Waals surface area contributed by atoms with Crippen LogP contribution in [-0.2, 0) is 6.54 Å². The molecule has 0 aliphatic carbocycles. The van der Waals surface area contributed by atoms with Gasteiger partial charge < -0.3 is 5.32 Å². The van der Waals surface area contributed by atoms with E-state index in [2.05, 4.69) is 41.5 Å². The smallest absolute Gasteiger partial charge is 0.0300 e. The van der Waals surface area contributed by atoms with Gasteiger partial charge in [0.2, 0.25) is 0 Å². The van der Waals surface area contributed by atoms with Crippen LogP contribution in [0.1, 0.15) is 24.6 Å². The van der Waals surface area contributed by atoms with Crippen LogP contribution in [0.5, 0.6) is 0 Å². The number of thiophene rings is 1. The van der Waals surface area contributed by atoms with Crippen molar-refractivity contribution in [3.8, 4) is 0 Å². The molecule has 2 rings (SSSR count). The number of nitrogens with one attached hydrogen (secondary N) is 1. The fourth-order valence-corrected chi connectivity index (χ4v) is 3.79. The van der Waals surface area contributed by atoms with Crippen molar-refractivity contribution in [1.29, 1.82) is 0 Å². The summed E-state index contributed by atoms with van der Waals surface area (Å²) in [4.78, 5) is 1.44. The van der Waals surface area contributed by atoms with Crippen LogP contribution in [0.4, 0.5) is 0 Å². The van der Waals surface area contributed by atoms with Gasteiger partial charge in [-0.25, -0.2) is 0 Å². The van der Waals surface area contributed by atoms with Crippen molar-refractivity contribution in [2.75, 3.05) is 12.3 Å². The first-order valence-corrected chi connectivity index (χ1v) is 7.02. The molecule has 78 valence electrons. The van der Waals surface area contributed by atoms with E-state index in [1.165, 1.54) is 23.5 Å². The highest BCUT2D eigenvalue weighted by Gasteiger charge is 2.28. The van der Waals surface area contributed by atoms with Gasteiger partial charge in [0.25, 0.3) is 0 Å². The van der Waals surface area contributed by atoms with Crippen LogP contribution < -0.4 is 5.32 Å². The van der Waals surface area contributed by atoms with E-state index in [0.717, 1.165) is 13.1 Å². The van der Waals surface area contributed by atoms with Crippen molar-refractivity contribution in [1.82, 2.24) is 5.32 Å². The zero-order valence-corrected chi connectivity index (χ0v) is 10.2. The molecule has 1 atom stereocenters. The van der Waals surface area contributed by atoms with Crippen LogP contribution in [0.15, 0.2) is 17.5 Å². The Morgan fingerprint density at radius 2 is 2.50 bits per heavy atom. The molecule has 1 aliphatic rings. The number of hydrogen-bond acceptors (Lipinski definition) is 3. The molecule has 1 saturated heterocycles. The first kappa shape index (κ1) is 10.5. The molecule has 3 heteroatoms. The standard InChI is InChI=1S/C11H17NS2/c1-11(5-3-7-14-11)9-12-8-10-4-2-6-13-10/h2,4,6,12H,3,5,7-9H2,1H3. The molecule has 1 unspecified atom stereocenters. The Morgan fingerprint density at radius 1 is 1.57 bits per heavy atom. The minimum atomic E-state index is 0.497. The first-order valence-electron chi connectivity index (χ1n) is 5.16. The number of hydrogen-bond donors (Lipinski definition) is 1. The Bertz CT molecular complexity index is 263. The fourth-order valence-electron chi connectivity index (χ4n) is 1.84. The molecule has 1 N–H and O–H groups in total. The van der Waals surface area contributed by atoms with Gasteiger partial charge in [0, 0.05) is 22.7 Å². The monoisotopic (exact) mass is 227 g/mol. The van der Waals surface area contributed by atoms with Crippen molar-refractivity contribution in [2.45, 2.75) is 31.1 Å². The van der Waals surface area contributed by atoms with Crippen LogP contribution >= 0.6 is 23.1 Å². The lowest BCUT2D eigenvalue weighted by molar-refractivity contribution is 0.539. The molecular formula is C11H17NS2. The molecule has 1 aliphatic heterocycles. The Kier molecular flexibility index (Phi) is 3.52. The Hall–Kier alpha value is 0.01000. The van der Waals surface area contributed by atoms with E-state index in [1.807, 2.05) is 11.3 Å². The summed E-state index contributed by atoms with van der Waals surface area (Å²) in [5.41, 5.74) is 0. The quantitative estimate of drug-likeness (QED) is 0.848. The van der Waals surface area contributed by atoms with Crippen molar-refractivity contribution in [2.24, 2.45) is 0 Å². The summed E-state index contributed by atoms with van der Waals surface area (Å²) in [7, 11) is 0. The summed E-state index contributed by atoms with van der Waals surface area (Å²) in [6.45, 7) is 4.56. The lowest BCUT2D eigenvalue weighted by atomic mass is 10.1. The highest BCUT2D eigenvalue weighted by Crippen LogP contribution is 2.36. The maximum atomic E-state index is 3.56. The van der Waals surface area contributed by atoms with Crippen LogP contribution in [0, 0.1) is 0 Å². The molecule has 1 aromatic rings. The van der Waals surface area contributed by atoms with Crippen LogP contribution in [-0.4, -0.2) is 17.0 Å². The molecule has 2 heterocycles. The van der Waals surface area contributed by atoms with Gasteiger partial charge in [0.1, 0.15) is 0 Å². The minimum Gasteiger partial charge on any atom is -0.310 e. The number of thioether (sulfide) groups is 1. The molecule has 0 bridgehead atoms. The SMILES string of the molecule is CC1(CNCc2cccs2)CCCS1. The van der Waals surface area contributed by atoms with E-state index in [9.17, 15) is 0 Å². The third-order valence-corrected chi connectivity index (χ3v) is 5.09. The third-order valence-electron chi connectivity index (χ3n) is 2.68. The van der Waals surface area contributed by atoms with Crippen LogP contribution in [0.25, 0.3) is 0 Å². The van der Waals surface area contributed by atoms with Crippen molar-refractivity contribution < 1.29 is 0 Å². The first-order chi connectivity index (χ1) is 6.79. The summed E-state index contributed by atoms with van der Waals surface area (Å²) < 4.78 is 0.497. The van der Waals surface area contributed by atoms with E-state index >= 15 is 0 Å². The van der Waals surface area contributed by atoms with Crippen molar-refractivity contribution >= 4 is 23.1 Å². The summed E-state index contributed by atoms with van der Waals surface area (Å²) in [5.74, 6) is 1.34. The maximum absolute atomic E-state index is 3.56. The minimum absolute atomic E-state index is 0.497. The van der Waals surface area contributed by atoms with E-state index in [4.69, 9.17) is 0 Å². The molecule has 0 saturated carbocycles. The fraction of sp³-hybridized carbons (Fsp3) is 0.636. The average molecular weight is 227 g/mol. The van der Waals surface area contributed by atoms with E-state index in [-0.39, 0.29) is 0 Å². The molecule has 0 radical (unpaired) electrons. The highest BCUT2D eigenvalue weighted by molar-refractivity contribution is 8.00. The van der Waals surface area contributed by atoms with Gasteiger partial charge >= 0.3 is 0 Å². The number of rotatable bonds is 4. The Labute approximate surface area is 94.3 Å². The second-order valence-corrected chi connectivity index (χ2v) is 6.80. The zero-order chi connectivity index (χ0) is 9.86. The van der Waals surface area contributed by atoms with Crippen molar-refractivity contribution in [3.63, 3.8) is 0 Å². The second-order valence-electron chi connectivity index (χ2n) is 4.08. The molecule has 14 heavy (non-hydrogen) atoms.